The van der Waals surface area contributed by atoms with Crippen LogP contribution in [0.4, 0.5) is 0 Å². The van der Waals surface area contributed by atoms with Gasteiger partial charge in [0.15, 0.2) is 23.3 Å². The Morgan fingerprint density at radius 1 is 0.372 bits per heavy atom. The van der Waals surface area contributed by atoms with E-state index in [2.05, 4.69) is 49.5 Å². The molecule has 0 amide bonds. The van der Waals surface area contributed by atoms with Gasteiger partial charge in [-0.15, -0.1) is 0 Å². The van der Waals surface area contributed by atoms with Crippen LogP contribution in [0.5, 0.6) is 0 Å². The molecule has 0 spiro atoms. The zero-order valence-corrected chi connectivity index (χ0v) is 29.7. The van der Waals surface area contributed by atoms with E-state index in [-0.39, 0.29) is 10.1 Å². The first-order valence-electron chi connectivity index (χ1n) is 13.5. The topological polar surface area (TPSA) is 109 Å². The molecule has 0 unspecified atom stereocenters. The van der Waals surface area contributed by atoms with Crippen molar-refractivity contribution in [3.63, 3.8) is 0 Å². The van der Waals surface area contributed by atoms with Crippen LogP contribution in [0.25, 0.3) is 89.7 Å². The fraction of sp³-hybridized carbons (Fsp3) is 0. The van der Waals surface area contributed by atoms with Crippen molar-refractivity contribution in [2.24, 2.45) is 0 Å². The number of H-pyrrole nitrogens is 2. The Morgan fingerprint density at radius 2 is 0.605 bits per heavy atom. The minimum absolute atomic E-state index is 0.0650. The predicted octanol–water partition coefficient (Wildman–Crippen LogP) is 8.64. The van der Waals surface area contributed by atoms with Crippen LogP contribution in [-0.2, 0) is 10.1 Å². The Labute approximate surface area is 273 Å². The summed E-state index contributed by atoms with van der Waals surface area (Å²) in [6.07, 6.45) is 0. The van der Waals surface area contributed by atoms with Crippen molar-refractivity contribution in [1.82, 2.24) is 39.9 Å². The van der Waals surface area contributed by atoms with Gasteiger partial charge in [0.2, 0.25) is 0 Å². The number of hydrogen-bond donors (Lipinski definition) is 2. The molecule has 7 aromatic rings. The largest absolute Gasteiger partial charge is 0.324 e. The van der Waals surface area contributed by atoms with Crippen molar-refractivity contribution in [3.05, 3.63) is 97.1 Å². The van der Waals surface area contributed by atoms with Gasteiger partial charge in [-0.25, -0.2) is 29.9 Å². The van der Waals surface area contributed by atoms with E-state index in [0.29, 0.717) is 45.9 Å². The zero-order valence-electron chi connectivity index (χ0n) is 22.4. The second-order valence-electron chi connectivity index (χ2n) is 9.89. The zero-order chi connectivity index (χ0) is 28.9. The third-order valence-corrected chi connectivity index (χ3v) is 7.46. The van der Waals surface area contributed by atoms with Crippen LogP contribution in [0.2, 0.25) is 0 Å². The maximum atomic E-state index is 5.02. The van der Waals surface area contributed by atoms with Gasteiger partial charge in [0.25, 0.3) is 0 Å². The standard InChI is InChI=1S/C32H18N8.2HI.Zn/c1-2-10-18-17(9-1)25-33-26(18)38-28-21-13-5-6-14-22(21)30(35-28)40-32-24-16-8-7-15-23(24)31(36-32)39-29-20-12-4-3-11-19(20)27(34-29)37-25;;;/h1-16H,(H2,33,34,35,36,37,38,39,40);2*1H;/q;;;+2/p-2. The van der Waals surface area contributed by atoms with E-state index in [1.165, 1.54) is 0 Å². The average Bonchev–Trinajstić information content (AvgIpc) is 3.77. The number of nitrogens with zero attached hydrogens (tertiary/aromatic N) is 6. The number of nitrogens with one attached hydrogen (secondary N) is 2. The number of fused-ring (bicyclic) bond motifs is 20. The summed E-state index contributed by atoms with van der Waals surface area (Å²) in [7, 11) is 0.0650. The Hall–Kier alpha value is -3.68. The van der Waals surface area contributed by atoms with Crippen LogP contribution in [0, 0.1) is 0 Å². The molecular weight excluding hydrogens is 816 g/mol. The molecule has 2 aliphatic heterocycles. The summed E-state index contributed by atoms with van der Waals surface area (Å²) >= 11 is 4.93. The molecule has 0 saturated heterocycles. The fourth-order valence-corrected chi connectivity index (χ4v) is 5.59. The first-order chi connectivity index (χ1) is 21.2. The summed E-state index contributed by atoms with van der Waals surface area (Å²) in [6, 6.07) is 32.2. The molecule has 8 nitrogen and oxygen atoms in total. The fourth-order valence-electron chi connectivity index (χ4n) is 5.59. The van der Waals surface area contributed by atoms with E-state index in [9.17, 15) is 0 Å². The van der Waals surface area contributed by atoms with Crippen molar-refractivity contribution in [3.8, 4) is 45.6 Å². The normalized spacial score (nSPS) is 11.4. The number of rotatable bonds is 0. The van der Waals surface area contributed by atoms with Gasteiger partial charge in [-0.2, -0.15) is 0 Å². The van der Waals surface area contributed by atoms with E-state index >= 15 is 0 Å². The number of benzene rings is 4. The Bertz CT molecular complexity index is 2060. The minimum atomic E-state index is 0.0650. The van der Waals surface area contributed by atoms with Gasteiger partial charge < -0.3 is 9.97 Å². The molecule has 3 aromatic heterocycles. The molecule has 2 aliphatic rings. The van der Waals surface area contributed by atoms with Crippen LogP contribution in [0.3, 0.4) is 0 Å². The summed E-state index contributed by atoms with van der Waals surface area (Å²) < 4.78 is 0. The van der Waals surface area contributed by atoms with Gasteiger partial charge in [-0.3, -0.25) is 0 Å². The molecule has 0 atom stereocenters. The SMILES string of the molecule is [I][Zn][I].c1ccc2c(c1)-c1nc-2nc2[nH]c(nc3nc(nc4[nH]c(n1)c1ccccc41)-c1ccccc1-3)c1ccccc21. The third kappa shape index (κ3) is 4.65. The van der Waals surface area contributed by atoms with E-state index in [1.807, 2.05) is 97.1 Å². The van der Waals surface area contributed by atoms with Crippen LogP contribution in [-0.4, -0.2) is 39.9 Å². The number of aromatic nitrogens is 8. The summed E-state index contributed by atoms with van der Waals surface area (Å²) in [6.45, 7) is 0. The first-order valence-corrected chi connectivity index (χ1v) is 31.6. The molecular formula is C32H18I2N8Zn. The van der Waals surface area contributed by atoms with E-state index in [0.717, 1.165) is 43.8 Å². The molecule has 0 aliphatic carbocycles. The van der Waals surface area contributed by atoms with Gasteiger partial charge in [-0.1, -0.05) is 97.1 Å². The van der Waals surface area contributed by atoms with E-state index in [4.69, 9.17) is 29.9 Å². The minimum Gasteiger partial charge on any atom is -0.324 e. The monoisotopic (exact) mass is 832 g/mol. The van der Waals surface area contributed by atoms with Crippen molar-refractivity contribution in [2.45, 2.75) is 0 Å². The van der Waals surface area contributed by atoms with Crippen LogP contribution < -0.4 is 0 Å². The van der Waals surface area contributed by atoms with E-state index < -0.39 is 0 Å². The molecule has 0 saturated carbocycles. The van der Waals surface area contributed by atoms with Crippen molar-refractivity contribution in [2.75, 3.05) is 0 Å². The molecule has 5 heterocycles. The number of aromatic amines is 2. The van der Waals surface area contributed by atoms with Gasteiger partial charge >= 0.3 is 49.6 Å². The van der Waals surface area contributed by atoms with E-state index in [1.54, 1.807) is 0 Å². The Kier molecular flexibility index (Phi) is 6.95. The molecule has 9 rings (SSSR count). The molecule has 11 heteroatoms. The predicted molar refractivity (Wildman–Crippen MR) is 184 cm³/mol. The summed E-state index contributed by atoms with van der Waals surface area (Å²) in [4.78, 5) is 36.8. The summed E-state index contributed by atoms with van der Waals surface area (Å²) in [5.41, 5.74) is 6.45. The Balaban J connectivity index is 0.000000892. The van der Waals surface area contributed by atoms with Crippen molar-refractivity contribution < 1.29 is 10.1 Å². The number of hydrogen-bond acceptors (Lipinski definition) is 6. The molecule has 4 aromatic carbocycles. The van der Waals surface area contributed by atoms with Gasteiger partial charge in [-0.05, 0) is 0 Å². The first kappa shape index (κ1) is 26.9. The van der Waals surface area contributed by atoms with Crippen LogP contribution >= 0.6 is 39.5 Å². The summed E-state index contributed by atoms with van der Waals surface area (Å²) in [5.74, 6) is 2.39. The van der Waals surface area contributed by atoms with Gasteiger partial charge in [0.1, 0.15) is 22.6 Å². The Morgan fingerprint density at radius 3 is 0.860 bits per heavy atom. The number of halogens is 2. The second-order valence-corrected chi connectivity index (χ2v) is 33.4. The molecule has 8 bridgehead atoms. The quantitative estimate of drug-likeness (QED) is 0.117. The smallest absolute Gasteiger partial charge is 0.164 e. The van der Waals surface area contributed by atoms with Gasteiger partial charge in [0.05, 0.1) is 0 Å². The van der Waals surface area contributed by atoms with Crippen molar-refractivity contribution in [1.29, 1.82) is 0 Å². The molecule has 2 N–H and O–H groups in total. The average molecular weight is 834 g/mol. The van der Waals surface area contributed by atoms with Crippen molar-refractivity contribution >= 4 is 83.6 Å². The maximum Gasteiger partial charge on any atom is 0.164 e. The molecule has 0 fully saturated rings. The third-order valence-electron chi connectivity index (χ3n) is 7.46. The molecule has 43 heavy (non-hydrogen) atoms. The molecule has 202 valence electrons. The second kappa shape index (κ2) is 11.1. The van der Waals surface area contributed by atoms with Gasteiger partial charge in [0, 0.05) is 43.8 Å². The van der Waals surface area contributed by atoms with Crippen LogP contribution in [0.15, 0.2) is 97.1 Å². The molecule has 0 radical (unpaired) electrons. The van der Waals surface area contributed by atoms with Crippen LogP contribution in [0.1, 0.15) is 0 Å². The summed E-state index contributed by atoms with van der Waals surface area (Å²) in [5, 5.41) is 3.82. The maximum absolute atomic E-state index is 5.02.